The average molecular weight is 433 g/mol. The van der Waals surface area contributed by atoms with Crippen molar-refractivity contribution < 1.29 is 29.4 Å². The molecule has 10 nitrogen and oxygen atoms in total. The summed E-state index contributed by atoms with van der Waals surface area (Å²) in [4.78, 5) is 50.3. The van der Waals surface area contributed by atoms with Gasteiger partial charge in [-0.15, -0.1) is 0 Å². The van der Waals surface area contributed by atoms with E-state index in [2.05, 4.69) is 23.3 Å². The molecule has 0 aromatic rings. The minimum Gasteiger partial charge on any atom is -0.480 e. The number of rotatable bonds is 10. The highest BCUT2D eigenvalue weighted by molar-refractivity contribution is 7.80. The number of carboxylic acid groups (broad SMARTS) is 1. The highest BCUT2D eigenvalue weighted by Gasteiger charge is 2.40. The maximum atomic E-state index is 13.0. The molecule has 3 amide bonds. The molecule has 0 radical (unpaired) electrons. The quantitative estimate of drug-likeness (QED) is 0.234. The molecule has 6 unspecified atom stereocenters. The van der Waals surface area contributed by atoms with E-state index in [1.54, 1.807) is 0 Å². The van der Waals surface area contributed by atoms with Gasteiger partial charge in [0.05, 0.1) is 12.1 Å². The highest BCUT2D eigenvalue weighted by atomic mass is 32.1. The minimum absolute atomic E-state index is 0.0956. The van der Waals surface area contributed by atoms with Crippen LogP contribution >= 0.6 is 12.6 Å². The van der Waals surface area contributed by atoms with E-state index in [1.807, 2.05) is 13.8 Å². The molecule has 11 heteroatoms. The molecule has 6 atom stereocenters. The Bertz CT molecular complexity index is 617. The van der Waals surface area contributed by atoms with Crippen LogP contribution in [-0.4, -0.2) is 81.4 Å². The summed E-state index contributed by atoms with van der Waals surface area (Å²) in [5.74, 6) is -3.21. The largest absolute Gasteiger partial charge is 0.480 e. The summed E-state index contributed by atoms with van der Waals surface area (Å²) in [7, 11) is 0. The normalized spacial score (nSPS) is 21.6. The average Bonchev–Trinajstić information content (AvgIpc) is 3.17. The van der Waals surface area contributed by atoms with Crippen molar-refractivity contribution >= 4 is 36.3 Å². The zero-order chi connectivity index (χ0) is 22.3. The van der Waals surface area contributed by atoms with Crippen molar-refractivity contribution in [3.05, 3.63) is 0 Å². The van der Waals surface area contributed by atoms with E-state index in [1.165, 1.54) is 11.8 Å². The lowest BCUT2D eigenvalue weighted by atomic mass is 9.98. The fraction of sp³-hybridized carbons (Fsp3) is 0.778. The zero-order valence-corrected chi connectivity index (χ0v) is 17.9. The number of hydrogen-bond donors (Lipinski definition) is 6. The van der Waals surface area contributed by atoms with Crippen molar-refractivity contribution in [2.24, 2.45) is 11.7 Å². The predicted octanol–water partition coefficient (Wildman–Crippen LogP) is -1.28. The number of aliphatic carboxylic acids is 1. The monoisotopic (exact) mass is 432 g/mol. The molecular formula is C18H32N4O6S. The molecule has 0 bridgehead atoms. The second-order valence-electron chi connectivity index (χ2n) is 7.41. The maximum Gasteiger partial charge on any atom is 0.327 e. The Balaban J connectivity index is 2.91. The van der Waals surface area contributed by atoms with E-state index in [0.717, 1.165) is 0 Å². The Morgan fingerprint density at radius 1 is 1.24 bits per heavy atom. The number of carbonyl (C=O) groups is 4. The third kappa shape index (κ3) is 6.58. The molecule has 1 saturated heterocycles. The van der Waals surface area contributed by atoms with Gasteiger partial charge in [-0.3, -0.25) is 14.4 Å². The zero-order valence-electron chi connectivity index (χ0n) is 17.0. The number of nitrogens with zero attached hydrogens (tertiary/aromatic N) is 1. The number of carboxylic acids is 1. The Morgan fingerprint density at radius 3 is 2.34 bits per heavy atom. The molecule has 1 heterocycles. The van der Waals surface area contributed by atoms with Gasteiger partial charge in [-0.05, 0) is 25.7 Å². The predicted molar refractivity (Wildman–Crippen MR) is 109 cm³/mol. The number of carbonyl (C=O) groups excluding carboxylic acids is 3. The van der Waals surface area contributed by atoms with Crippen LogP contribution in [0.4, 0.5) is 0 Å². The van der Waals surface area contributed by atoms with E-state index in [-0.39, 0.29) is 18.2 Å². The van der Waals surface area contributed by atoms with Gasteiger partial charge in [-0.1, -0.05) is 20.3 Å². The fourth-order valence-corrected chi connectivity index (χ4v) is 3.33. The lowest BCUT2D eigenvalue weighted by Gasteiger charge is -2.31. The first-order valence-corrected chi connectivity index (χ1v) is 10.4. The van der Waals surface area contributed by atoms with Crippen molar-refractivity contribution in [1.29, 1.82) is 0 Å². The number of aliphatic hydroxyl groups excluding tert-OH is 1. The van der Waals surface area contributed by atoms with Crippen LogP contribution in [0, 0.1) is 5.92 Å². The SMILES string of the molecule is CCC(C)C(N)C(=O)NC(C(=O)N1CCCC1C(=O)NC(CS)C(=O)O)C(C)O. The summed E-state index contributed by atoms with van der Waals surface area (Å²) in [5.41, 5.74) is 5.90. The number of likely N-dealkylation sites (tertiary alicyclic amines) is 1. The second-order valence-corrected chi connectivity index (χ2v) is 7.77. The van der Waals surface area contributed by atoms with E-state index >= 15 is 0 Å². The van der Waals surface area contributed by atoms with Crippen molar-refractivity contribution in [1.82, 2.24) is 15.5 Å². The first kappa shape index (κ1) is 25.2. The highest BCUT2D eigenvalue weighted by Crippen LogP contribution is 2.20. The summed E-state index contributed by atoms with van der Waals surface area (Å²) in [5, 5.41) is 24.0. The molecule has 1 fully saturated rings. The lowest BCUT2D eigenvalue weighted by Crippen LogP contribution is -2.60. The van der Waals surface area contributed by atoms with E-state index in [0.29, 0.717) is 19.3 Å². The summed E-state index contributed by atoms with van der Waals surface area (Å²) < 4.78 is 0. The molecule has 0 spiro atoms. The first-order chi connectivity index (χ1) is 13.5. The van der Waals surface area contributed by atoms with Gasteiger partial charge in [0.15, 0.2) is 0 Å². The van der Waals surface area contributed by atoms with Gasteiger partial charge in [0, 0.05) is 12.3 Å². The minimum atomic E-state index is -1.26. The van der Waals surface area contributed by atoms with Crippen molar-refractivity contribution in [3.8, 4) is 0 Å². The van der Waals surface area contributed by atoms with Gasteiger partial charge in [0.25, 0.3) is 0 Å². The smallest absolute Gasteiger partial charge is 0.327 e. The first-order valence-electron chi connectivity index (χ1n) is 9.73. The molecule has 0 saturated carbocycles. The molecule has 29 heavy (non-hydrogen) atoms. The summed E-state index contributed by atoms with van der Waals surface area (Å²) in [6.07, 6.45) is 0.356. The van der Waals surface area contributed by atoms with E-state index < -0.39 is 54.0 Å². The van der Waals surface area contributed by atoms with Crippen LogP contribution in [0.15, 0.2) is 0 Å². The number of hydrogen-bond acceptors (Lipinski definition) is 7. The number of thiol groups is 1. The molecule has 1 aliphatic heterocycles. The summed E-state index contributed by atoms with van der Waals surface area (Å²) in [6.45, 7) is 5.32. The molecule has 0 aromatic carbocycles. The van der Waals surface area contributed by atoms with Crippen LogP contribution in [0.25, 0.3) is 0 Å². The molecule has 0 aromatic heterocycles. The summed E-state index contributed by atoms with van der Waals surface area (Å²) >= 11 is 3.91. The van der Waals surface area contributed by atoms with E-state index in [9.17, 15) is 24.3 Å². The number of nitrogens with one attached hydrogen (secondary N) is 2. The molecule has 6 N–H and O–H groups in total. The fourth-order valence-electron chi connectivity index (χ4n) is 3.09. The Hall–Kier alpha value is -1.85. The van der Waals surface area contributed by atoms with Crippen LogP contribution in [-0.2, 0) is 19.2 Å². The maximum absolute atomic E-state index is 13.0. The number of nitrogens with two attached hydrogens (primary N) is 1. The van der Waals surface area contributed by atoms with Crippen molar-refractivity contribution in [2.45, 2.75) is 70.3 Å². The molecule has 0 aliphatic carbocycles. The molecular weight excluding hydrogens is 400 g/mol. The molecule has 1 aliphatic rings. The molecule has 166 valence electrons. The van der Waals surface area contributed by atoms with Crippen LogP contribution in [0.1, 0.15) is 40.0 Å². The number of aliphatic hydroxyl groups is 1. The molecule has 1 rings (SSSR count). The van der Waals surface area contributed by atoms with Gasteiger partial charge in [-0.25, -0.2) is 4.79 Å². The van der Waals surface area contributed by atoms with Crippen LogP contribution in [0.5, 0.6) is 0 Å². The lowest BCUT2D eigenvalue weighted by molar-refractivity contribution is -0.145. The summed E-state index contributed by atoms with van der Waals surface area (Å²) in [6, 6.07) is -4.15. The van der Waals surface area contributed by atoms with Gasteiger partial charge in [0.2, 0.25) is 17.7 Å². The third-order valence-electron chi connectivity index (χ3n) is 5.24. The second kappa shape index (κ2) is 11.4. The van der Waals surface area contributed by atoms with Gasteiger partial charge in [0.1, 0.15) is 18.1 Å². The number of amides is 3. The Kier molecular flexibility index (Phi) is 9.87. The Labute approximate surface area is 176 Å². The van der Waals surface area contributed by atoms with Crippen LogP contribution in [0.3, 0.4) is 0 Å². The van der Waals surface area contributed by atoms with Crippen LogP contribution < -0.4 is 16.4 Å². The Morgan fingerprint density at radius 2 is 1.86 bits per heavy atom. The van der Waals surface area contributed by atoms with Crippen molar-refractivity contribution in [3.63, 3.8) is 0 Å². The topological polar surface area (TPSA) is 162 Å². The third-order valence-corrected chi connectivity index (χ3v) is 5.61. The van der Waals surface area contributed by atoms with Gasteiger partial charge in [-0.2, -0.15) is 12.6 Å². The van der Waals surface area contributed by atoms with Gasteiger partial charge < -0.3 is 31.5 Å². The van der Waals surface area contributed by atoms with Gasteiger partial charge >= 0.3 is 5.97 Å². The van der Waals surface area contributed by atoms with E-state index in [4.69, 9.17) is 10.8 Å². The van der Waals surface area contributed by atoms with Crippen LogP contribution in [0.2, 0.25) is 0 Å². The standard InChI is InChI=1S/C18H32N4O6S/c1-4-9(2)13(19)16(25)21-14(10(3)23)17(26)22-7-5-6-12(22)15(24)20-11(8-29)18(27)28/h9-14,23,29H,4-8,19H2,1-3H3,(H,20,24)(H,21,25)(H,27,28). The van der Waals surface area contributed by atoms with Crippen molar-refractivity contribution in [2.75, 3.05) is 12.3 Å².